The number of aromatic nitrogens is 1. The molecule has 0 radical (unpaired) electrons. The summed E-state index contributed by atoms with van der Waals surface area (Å²) in [5.74, 6) is 2.74. The Morgan fingerprint density at radius 2 is 2.39 bits per heavy atom. The van der Waals surface area contributed by atoms with E-state index in [0.717, 1.165) is 15.7 Å². The van der Waals surface area contributed by atoms with Crippen molar-refractivity contribution in [2.75, 3.05) is 11.4 Å². The number of hydrogen-bond donors (Lipinski definition) is 0. The van der Waals surface area contributed by atoms with Crippen LogP contribution < -0.4 is 4.90 Å². The van der Waals surface area contributed by atoms with Gasteiger partial charge in [-0.1, -0.05) is 6.07 Å². The Hall–Kier alpha value is -1.64. The first-order valence-corrected chi connectivity index (χ1v) is 7.30. The summed E-state index contributed by atoms with van der Waals surface area (Å²) in [7, 11) is 0. The molecule has 18 heavy (non-hydrogen) atoms. The number of rotatable bonds is 2. The Morgan fingerprint density at radius 3 is 3.06 bits per heavy atom. The molecule has 1 aliphatic rings. The maximum Gasteiger partial charge on any atom is 0.230 e. The van der Waals surface area contributed by atoms with Gasteiger partial charge in [-0.05, 0) is 11.4 Å². The van der Waals surface area contributed by atoms with Crippen LogP contribution in [0.15, 0.2) is 22.9 Å². The van der Waals surface area contributed by atoms with E-state index in [1.54, 1.807) is 16.2 Å². The fraction of sp³-hybridized carbons (Fsp3) is 0.231. The monoisotopic (exact) mass is 274 g/mol. The van der Waals surface area contributed by atoms with Crippen molar-refractivity contribution in [1.82, 2.24) is 4.98 Å². The molecule has 0 saturated carbocycles. The number of anilines is 1. The second kappa shape index (κ2) is 4.56. The normalized spacial score (nSPS) is 19.2. The molecule has 3 nitrogen and oxygen atoms in total. The predicted molar refractivity (Wildman–Crippen MR) is 74.7 cm³/mol. The summed E-state index contributed by atoms with van der Waals surface area (Å²) in [4.78, 5) is 19.2. The minimum Gasteiger partial charge on any atom is -0.287 e. The lowest BCUT2D eigenvalue weighted by Crippen LogP contribution is -2.24. The van der Waals surface area contributed by atoms with Crippen molar-refractivity contribution in [3.05, 3.63) is 22.9 Å². The Labute approximate surface area is 113 Å². The van der Waals surface area contributed by atoms with Gasteiger partial charge in [-0.15, -0.1) is 35.0 Å². The first-order valence-electron chi connectivity index (χ1n) is 5.54. The lowest BCUT2D eigenvalue weighted by molar-refractivity contribution is -0.117. The maximum absolute atomic E-state index is 11.8. The van der Waals surface area contributed by atoms with Gasteiger partial charge in [0.25, 0.3) is 0 Å². The van der Waals surface area contributed by atoms with E-state index in [2.05, 4.69) is 10.9 Å². The summed E-state index contributed by atoms with van der Waals surface area (Å²) in [5, 5.41) is 4.75. The van der Waals surface area contributed by atoms with Gasteiger partial charge in [-0.25, -0.2) is 4.98 Å². The van der Waals surface area contributed by atoms with Crippen LogP contribution in [0.1, 0.15) is 6.42 Å². The van der Waals surface area contributed by atoms with E-state index in [0.29, 0.717) is 13.0 Å². The van der Waals surface area contributed by atoms with Crippen LogP contribution in [0.25, 0.3) is 10.6 Å². The first-order chi connectivity index (χ1) is 8.78. The summed E-state index contributed by atoms with van der Waals surface area (Å²) < 4.78 is 0. The summed E-state index contributed by atoms with van der Waals surface area (Å²) in [6.07, 6.45) is 5.81. The third-order valence-corrected chi connectivity index (χ3v) is 4.61. The maximum atomic E-state index is 11.8. The van der Waals surface area contributed by atoms with Crippen LogP contribution >= 0.6 is 22.7 Å². The Kier molecular flexibility index (Phi) is 2.90. The molecule has 1 fully saturated rings. The van der Waals surface area contributed by atoms with Gasteiger partial charge in [0.2, 0.25) is 5.91 Å². The van der Waals surface area contributed by atoms with Crippen LogP contribution in [0.2, 0.25) is 0 Å². The Balaban J connectivity index is 1.86. The average molecular weight is 274 g/mol. The van der Waals surface area contributed by atoms with Crippen LogP contribution in [0, 0.1) is 18.3 Å². The highest BCUT2D eigenvalue weighted by molar-refractivity contribution is 7.16. The van der Waals surface area contributed by atoms with Gasteiger partial charge in [0, 0.05) is 24.3 Å². The number of amides is 1. The van der Waals surface area contributed by atoms with Gasteiger partial charge in [-0.3, -0.25) is 9.69 Å². The molecule has 0 bridgehead atoms. The summed E-state index contributed by atoms with van der Waals surface area (Å²) in [6.45, 7) is 0.590. The molecule has 1 atom stereocenters. The minimum atomic E-state index is 0.0200. The molecule has 0 N–H and O–H groups in total. The number of carbonyl (C=O) groups excluding carboxylic acids is 1. The molecule has 3 rings (SSSR count). The van der Waals surface area contributed by atoms with E-state index in [9.17, 15) is 4.79 Å². The first kappa shape index (κ1) is 11.5. The van der Waals surface area contributed by atoms with Crippen molar-refractivity contribution >= 4 is 33.7 Å². The number of hydrogen-bond acceptors (Lipinski definition) is 4. The van der Waals surface area contributed by atoms with E-state index < -0.39 is 0 Å². The summed E-state index contributed by atoms with van der Waals surface area (Å²) in [5.41, 5.74) is 0.932. The molecule has 0 aromatic carbocycles. The second-order valence-corrected chi connectivity index (χ2v) is 5.85. The van der Waals surface area contributed by atoms with Gasteiger partial charge >= 0.3 is 0 Å². The van der Waals surface area contributed by atoms with Crippen molar-refractivity contribution in [3.63, 3.8) is 0 Å². The zero-order valence-electron chi connectivity index (χ0n) is 9.50. The van der Waals surface area contributed by atoms with Crippen molar-refractivity contribution < 1.29 is 4.79 Å². The fourth-order valence-corrected chi connectivity index (χ4v) is 3.54. The van der Waals surface area contributed by atoms with Gasteiger partial charge in [0.1, 0.15) is 0 Å². The smallest absolute Gasteiger partial charge is 0.230 e. The number of carbonyl (C=O) groups is 1. The highest BCUT2D eigenvalue weighted by Gasteiger charge is 2.31. The molecular weight excluding hydrogens is 264 g/mol. The lowest BCUT2D eigenvalue weighted by Gasteiger charge is -2.10. The summed E-state index contributed by atoms with van der Waals surface area (Å²) in [6, 6.07) is 4.02. The molecule has 90 valence electrons. The number of terminal acetylenes is 1. The van der Waals surface area contributed by atoms with Crippen LogP contribution in [0.4, 0.5) is 5.13 Å². The Bertz CT molecular complexity index is 609. The standard InChI is InChI=1S/C13H10N2OS2/c1-2-9-6-12(16)15(7-9)13-14-10(8-18-13)11-4-3-5-17-11/h1,3-5,8-9H,6-7H2. The van der Waals surface area contributed by atoms with Crippen molar-refractivity contribution in [2.24, 2.45) is 5.92 Å². The minimum absolute atomic E-state index is 0.0200. The molecule has 1 saturated heterocycles. The number of nitrogens with zero attached hydrogens (tertiary/aromatic N) is 2. The molecule has 1 amide bonds. The highest BCUT2D eigenvalue weighted by Crippen LogP contribution is 2.32. The average Bonchev–Trinajstić information content (AvgIpc) is 3.08. The highest BCUT2D eigenvalue weighted by atomic mass is 32.1. The zero-order chi connectivity index (χ0) is 12.5. The van der Waals surface area contributed by atoms with E-state index in [1.807, 2.05) is 22.9 Å². The molecule has 0 aliphatic carbocycles. The van der Waals surface area contributed by atoms with E-state index in [4.69, 9.17) is 6.42 Å². The SMILES string of the molecule is C#CC1CC(=O)N(c2nc(-c3cccs3)cs2)C1. The lowest BCUT2D eigenvalue weighted by atomic mass is 10.1. The predicted octanol–water partition coefficient (Wildman–Crippen LogP) is 2.86. The van der Waals surface area contributed by atoms with Crippen molar-refractivity contribution in [2.45, 2.75) is 6.42 Å². The van der Waals surface area contributed by atoms with E-state index in [-0.39, 0.29) is 11.8 Å². The molecule has 1 unspecified atom stereocenters. The largest absolute Gasteiger partial charge is 0.287 e. The van der Waals surface area contributed by atoms with Crippen molar-refractivity contribution in [1.29, 1.82) is 0 Å². The third kappa shape index (κ3) is 1.94. The van der Waals surface area contributed by atoms with Crippen molar-refractivity contribution in [3.8, 4) is 22.9 Å². The third-order valence-electron chi connectivity index (χ3n) is 2.86. The molecule has 2 aromatic rings. The molecular formula is C13H10N2OS2. The molecule has 1 aliphatic heterocycles. The Morgan fingerprint density at radius 1 is 1.50 bits per heavy atom. The molecule has 0 spiro atoms. The van der Waals surface area contributed by atoms with Crippen LogP contribution in [-0.4, -0.2) is 17.4 Å². The molecule has 2 aromatic heterocycles. The van der Waals surface area contributed by atoms with Gasteiger partial charge < -0.3 is 0 Å². The summed E-state index contributed by atoms with van der Waals surface area (Å²) >= 11 is 3.14. The zero-order valence-corrected chi connectivity index (χ0v) is 11.1. The molecule has 5 heteroatoms. The van der Waals surface area contributed by atoms with Crippen LogP contribution in [0.5, 0.6) is 0 Å². The number of thiophene rings is 1. The van der Waals surface area contributed by atoms with Gasteiger partial charge in [-0.2, -0.15) is 0 Å². The van der Waals surface area contributed by atoms with Gasteiger partial charge in [0.15, 0.2) is 5.13 Å². The second-order valence-electron chi connectivity index (χ2n) is 4.06. The fourth-order valence-electron chi connectivity index (χ4n) is 1.93. The van der Waals surface area contributed by atoms with E-state index >= 15 is 0 Å². The van der Waals surface area contributed by atoms with E-state index in [1.165, 1.54) is 11.3 Å². The topological polar surface area (TPSA) is 33.2 Å². The van der Waals surface area contributed by atoms with Gasteiger partial charge in [0.05, 0.1) is 10.6 Å². The molecule has 3 heterocycles. The number of thiazole rings is 1. The quantitative estimate of drug-likeness (QED) is 0.789. The van der Waals surface area contributed by atoms with Crippen LogP contribution in [-0.2, 0) is 4.79 Å². The van der Waals surface area contributed by atoms with Crippen LogP contribution in [0.3, 0.4) is 0 Å².